The molecule has 0 fully saturated rings. The van der Waals surface area contributed by atoms with Gasteiger partial charge < -0.3 is 5.32 Å². The van der Waals surface area contributed by atoms with Gasteiger partial charge in [0.2, 0.25) is 5.91 Å². The average molecular weight is 397 g/mol. The van der Waals surface area contributed by atoms with Gasteiger partial charge in [0.15, 0.2) is 5.13 Å². The predicted molar refractivity (Wildman–Crippen MR) is 117 cm³/mol. The van der Waals surface area contributed by atoms with Gasteiger partial charge in [-0.3, -0.25) is 4.79 Å². The summed E-state index contributed by atoms with van der Waals surface area (Å²) in [6.45, 7) is 8.65. The molecule has 3 rings (SSSR count). The highest BCUT2D eigenvalue weighted by Gasteiger charge is 2.13. The molecule has 1 amide bonds. The van der Waals surface area contributed by atoms with Gasteiger partial charge in [0.05, 0.1) is 11.4 Å². The van der Waals surface area contributed by atoms with Gasteiger partial charge in [-0.15, -0.1) is 23.1 Å². The summed E-state index contributed by atoms with van der Waals surface area (Å²) >= 11 is 2.99. The quantitative estimate of drug-likeness (QED) is 0.526. The van der Waals surface area contributed by atoms with Gasteiger partial charge in [-0.2, -0.15) is 0 Å². The molecule has 0 aliphatic heterocycles. The summed E-state index contributed by atoms with van der Waals surface area (Å²) in [5.74, 6) is 0.332. The summed E-state index contributed by atoms with van der Waals surface area (Å²) in [4.78, 5) is 17.9. The Balaban J connectivity index is 1.54. The van der Waals surface area contributed by atoms with E-state index >= 15 is 0 Å². The predicted octanol–water partition coefficient (Wildman–Crippen LogP) is 6.15. The number of carbonyl (C=O) groups is 1. The normalized spacial score (nSPS) is 11.4. The summed E-state index contributed by atoms with van der Waals surface area (Å²) in [6, 6.07) is 16.7. The van der Waals surface area contributed by atoms with E-state index in [1.807, 2.05) is 17.5 Å². The van der Waals surface area contributed by atoms with Crippen LogP contribution in [0, 0.1) is 6.92 Å². The number of benzene rings is 2. The van der Waals surface area contributed by atoms with Crippen LogP contribution in [0.5, 0.6) is 0 Å². The molecule has 3 nitrogen and oxygen atoms in total. The smallest absolute Gasteiger partial charge is 0.236 e. The van der Waals surface area contributed by atoms with Crippen molar-refractivity contribution in [3.05, 3.63) is 65.0 Å². The van der Waals surface area contributed by atoms with Crippen LogP contribution in [0.15, 0.2) is 58.8 Å². The third-order valence-corrected chi connectivity index (χ3v) is 5.96. The Bertz CT molecular complexity index is 907. The fraction of sp³-hybridized carbons (Fsp3) is 0.273. The lowest BCUT2D eigenvalue weighted by atomic mass is 9.87. The molecule has 5 heteroatoms. The van der Waals surface area contributed by atoms with Crippen molar-refractivity contribution < 1.29 is 4.79 Å². The summed E-state index contributed by atoms with van der Waals surface area (Å²) < 4.78 is 0. The Kier molecular flexibility index (Phi) is 6.02. The van der Waals surface area contributed by atoms with Crippen LogP contribution in [0.1, 0.15) is 31.9 Å². The molecule has 2 aromatic carbocycles. The second kappa shape index (κ2) is 8.28. The second-order valence-electron chi connectivity index (χ2n) is 7.52. The molecule has 0 aliphatic carbocycles. The van der Waals surface area contributed by atoms with E-state index in [9.17, 15) is 4.79 Å². The van der Waals surface area contributed by atoms with Crippen LogP contribution in [-0.2, 0) is 10.2 Å². The van der Waals surface area contributed by atoms with Gasteiger partial charge in [-0.05, 0) is 30.0 Å². The van der Waals surface area contributed by atoms with Crippen LogP contribution in [0.25, 0.3) is 11.3 Å². The van der Waals surface area contributed by atoms with Gasteiger partial charge in [-0.1, -0.05) is 62.7 Å². The fourth-order valence-corrected chi connectivity index (χ4v) is 3.98. The van der Waals surface area contributed by atoms with E-state index in [2.05, 4.69) is 74.4 Å². The molecule has 0 bridgehead atoms. The second-order valence-corrected chi connectivity index (χ2v) is 9.42. The van der Waals surface area contributed by atoms with Crippen LogP contribution in [0.4, 0.5) is 5.13 Å². The molecule has 0 saturated carbocycles. The molecule has 1 N–H and O–H groups in total. The molecule has 0 saturated heterocycles. The van der Waals surface area contributed by atoms with Crippen molar-refractivity contribution in [2.75, 3.05) is 11.1 Å². The number of aryl methyl sites for hydroxylation is 1. The van der Waals surface area contributed by atoms with Crippen molar-refractivity contribution >= 4 is 34.1 Å². The topological polar surface area (TPSA) is 42.0 Å². The lowest BCUT2D eigenvalue weighted by Gasteiger charge is -2.19. The zero-order valence-electron chi connectivity index (χ0n) is 16.1. The molecule has 0 unspecified atom stereocenters. The number of thiazole rings is 1. The summed E-state index contributed by atoms with van der Waals surface area (Å²) in [5, 5.41) is 5.51. The first-order valence-electron chi connectivity index (χ1n) is 8.87. The first kappa shape index (κ1) is 19.6. The van der Waals surface area contributed by atoms with Crippen LogP contribution in [0.2, 0.25) is 0 Å². The van der Waals surface area contributed by atoms with E-state index < -0.39 is 0 Å². The number of anilines is 1. The Morgan fingerprint density at radius 1 is 1.07 bits per heavy atom. The fourth-order valence-electron chi connectivity index (χ4n) is 2.54. The van der Waals surface area contributed by atoms with Crippen molar-refractivity contribution in [1.29, 1.82) is 0 Å². The maximum Gasteiger partial charge on any atom is 0.236 e. The lowest BCUT2D eigenvalue weighted by Crippen LogP contribution is -2.14. The molecule has 0 spiro atoms. The van der Waals surface area contributed by atoms with Gasteiger partial charge in [0.25, 0.3) is 0 Å². The first-order chi connectivity index (χ1) is 12.8. The van der Waals surface area contributed by atoms with Crippen LogP contribution < -0.4 is 5.32 Å². The number of hydrogen-bond acceptors (Lipinski definition) is 4. The van der Waals surface area contributed by atoms with E-state index in [1.165, 1.54) is 34.2 Å². The highest BCUT2D eigenvalue weighted by atomic mass is 32.2. The van der Waals surface area contributed by atoms with E-state index in [0.29, 0.717) is 10.9 Å². The molecule has 27 heavy (non-hydrogen) atoms. The van der Waals surface area contributed by atoms with Crippen LogP contribution in [-0.4, -0.2) is 16.6 Å². The average Bonchev–Trinajstić information content (AvgIpc) is 3.08. The van der Waals surface area contributed by atoms with Crippen molar-refractivity contribution in [3.63, 3.8) is 0 Å². The lowest BCUT2D eigenvalue weighted by molar-refractivity contribution is -0.113. The summed E-state index contributed by atoms with van der Waals surface area (Å²) in [6.07, 6.45) is 0. The minimum Gasteiger partial charge on any atom is -0.301 e. The first-order valence-corrected chi connectivity index (χ1v) is 10.7. The SMILES string of the molecule is Cc1ccc(-c2csc(NC(=O)CSc3ccc(C(C)(C)C)cc3)n2)cc1. The number of aromatic nitrogens is 1. The van der Waals surface area contributed by atoms with Crippen molar-refractivity contribution in [2.24, 2.45) is 0 Å². The Hall–Kier alpha value is -2.11. The van der Waals surface area contributed by atoms with E-state index in [4.69, 9.17) is 0 Å². The third-order valence-electron chi connectivity index (χ3n) is 4.19. The highest BCUT2D eigenvalue weighted by Crippen LogP contribution is 2.27. The number of nitrogens with zero attached hydrogens (tertiary/aromatic N) is 1. The maximum absolute atomic E-state index is 12.2. The molecule has 1 aromatic heterocycles. The standard InChI is InChI=1S/C22H24N2OS2/c1-15-5-7-16(8-6-15)19-13-27-21(23-19)24-20(25)14-26-18-11-9-17(10-12-18)22(2,3)4/h5-13H,14H2,1-4H3,(H,23,24,25). The van der Waals surface area contributed by atoms with Crippen LogP contribution >= 0.6 is 23.1 Å². The molecule has 140 valence electrons. The monoisotopic (exact) mass is 396 g/mol. The van der Waals surface area contributed by atoms with E-state index in [0.717, 1.165) is 16.2 Å². The molecule has 0 atom stereocenters. The van der Waals surface area contributed by atoms with Gasteiger partial charge in [-0.25, -0.2) is 4.98 Å². The van der Waals surface area contributed by atoms with Crippen molar-refractivity contribution in [2.45, 2.75) is 38.0 Å². The molecule has 0 aliphatic rings. The molecule has 3 aromatic rings. The van der Waals surface area contributed by atoms with E-state index in [-0.39, 0.29) is 11.3 Å². The zero-order chi connectivity index (χ0) is 19.4. The minimum atomic E-state index is -0.0373. The number of rotatable bonds is 5. The molecule has 1 heterocycles. The van der Waals surface area contributed by atoms with Gasteiger partial charge in [0.1, 0.15) is 0 Å². The number of carbonyl (C=O) groups excluding carboxylic acids is 1. The number of nitrogens with one attached hydrogen (secondary N) is 1. The van der Waals surface area contributed by atoms with Crippen molar-refractivity contribution in [3.8, 4) is 11.3 Å². The molecular weight excluding hydrogens is 372 g/mol. The van der Waals surface area contributed by atoms with E-state index in [1.54, 1.807) is 0 Å². The number of amides is 1. The Morgan fingerprint density at radius 3 is 2.37 bits per heavy atom. The molecular formula is C22H24N2OS2. The van der Waals surface area contributed by atoms with Gasteiger partial charge in [0, 0.05) is 15.8 Å². The summed E-state index contributed by atoms with van der Waals surface area (Å²) in [5.41, 5.74) is 4.60. The Labute approximate surface area is 169 Å². The number of hydrogen-bond donors (Lipinski definition) is 1. The third kappa shape index (κ3) is 5.44. The largest absolute Gasteiger partial charge is 0.301 e. The van der Waals surface area contributed by atoms with Crippen molar-refractivity contribution in [1.82, 2.24) is 4.98 Å². The minimum absolute atomic E-state index is 0.0373. The zero-order valence-corrected chi connectivity index (χ0v) is 17.7. The van der Waals surface area contributed by atoms with Crippen LogP contribution in [0.3, 0.4) is 0 Å². The Morgan fingerprint density at radius 2 is 1.74 bits per heavy atom. The molecule has 0 radical (unpaired) electrons. The summed E-state index contributed by atoms with van der Waals surface area (Å²) in [7, 11) is 0. The highest BCUT2D eigenvalue weighted by molar-refractivity contribution is 8.00. The number of thioether (sulfide) groups is 1. The van der Waals surface area contributed by atoms with Gasteiger partial charge >= 0.3 is 0 Å². The maximum atomic E-state index is 12.2.